The highest BCUT2D eigenvalue weighted by molar-refractivity contribution is 5.03. The third kappa shape index (κ3) is 1.49. The third-order valence-electron chi connectivity index (χ3n) is 1.77. The molecule has 0 aromatic rings. The minimum atomic E-state index is -1.22. The summed E-state index contributed by atoms with van der Waals surface area (Å²) in [5.41, 5.74) is 0. The predicted octanol–water partition coefficient (Wildman–Crippen LogP) is -2.44. The summed E-state index contributed by atoms with van der Waals surface area (Å²) in [6.45, 7) is 0.135. The van der Waals surface area contributed by atoms with Gasteiger partial charge in [0, 0.05) is 6.54 Å². The fraction of sp³-hybridized carbons (Fsp3) is 0.833. The summed E-state index contributed by atoms with van der Waals surface area (Å²) in [6, 6.07) is 0.989. The Morgan fingerprint density at radius 2 is 1.91 bits per heavy atom. The van der Waals surface area contributed by atoms with Crippen LogP contribution in [0.15, 0.2) is 0 Å². The van der Waals surface area contributed by atoms with Crippen molar-refractivity contribution in [2.45, 2.75) is 24.4 Å². The zero-order chi connectivity index (χ0) is 8.43. The van der Waals surface area contributed by atoms with Crippen LogP contribution in [-0.4, -0.2) is 46.2 Å². The molecule has 0 amide bonds. The van der Waals surface area contributed by atoms with E-state index in [4.69, 9.17) is 20.6 Å². The first-order chi connectivity index (χ1) is 5.16. The lowest BCUT2D eigenvalue weighted by Crippen LogP contribution is -2.59. The number of aliphatic hydroxyl groups excluding tert-OH is 3. The molecule has 0 bridgehead atoms. The molecule has 4 N–H and O–H groups in total. The zero-order valence-corrected chi connectivity index (χ0v) is 5.81. The summed E-state index contributed by atoms with van der Waals surface area (Å²) >= 11 is 0. The molecule has 5 heteroatoms. The van der Waals surface area contributed by atoms with E-state index in [1.807, 2.05) is 0 Å². The number of nitrogens with one attached hydrogen (secondary N) is 1. The summed E-state index contributed by atoms with van der Waals surface area (Å²) in [4.78, 5) is 0. The van der Waals surface area contributed by atoms with Gasteiger partial charge in [-0.1, -0.05) is 0 Å². The van der Waals surface area contributed by atoms with E-state index in [-0.39, 0.29) is 6.54 Å². The van der Waals surface area contributed by atoms with Crippen molar-refractivity contribution >= 4 is 0 Å². The molecule has 0 aromatic carbocycles. The van der Waals surface area contributed by atoms with E-state index in [1.54, 1.807) is 6.07 Å². The Labute approximate surface area is 63.9 Å². The number of piperidine rings is 1. The van der Waals surface area contributed by atoms with Gasteiger partial charge in [0.1, 0.15) is 18.2 Å². The second-order valence-corrected chi connectivity index (χ2v) is 2.56. The average Bonchev–Trinajstić information content (AvgIpc) is 2.01. The van der Waals surface area contributed by atoms with E-state index in [9.17, 15) is 0 Å². The molecule has 0 radical (unpaired) electrons. The van der Waals surface area contributed by atoms with Crippen LogP contribution < -0.4 is 5.32 Å². The Morgan fingerprint density at radius 1 is 1.27 bits per heavy atom. The maximum atomic E-state index is 9.11. The van der Waals surface area contributed by atoms with E-state index < -0.39 is 24.4 Å². The standard InChI is InChI=1S/C6H10N2O3/c7-1-3-5(10)6(11)4(9)2-8-3/h3-6,8-11H,2H2/t3-,4+,5+,6+/m0/s1. The maximum absolute atomic E-state index is 9.11. The molecule has 4 atom stereocenters. The fourth-order valence-corrected chi connectivity index (χ4v) is 1.04. The van der Waals surface area contributed by atoms with Crippen molar-refractivity contribution < 1.29 is 15.3 Å². The molecule has 0 unspecified atom stereocenters. The lowest BCUT2D eigenvalue weighted by molar-refractivity contribution is -0.0855. The molecule has 1 fully saturated rings. The lowest BCUT2D eigenvalue weighted by atomic mass is 9.97. The average molecular weight is 158 g/mol. The molecule has 1 aliphatic rings. The molecule has 0 saturated carbocycles. The summed E-state index contributed by atoms with van der Waals surface area (Å²) in [6.07, 6.45) is -3.42. The van der Waals surface area contributed by atoms with Gasteiger partial charge >= 0.3 is 0 Å². The van der Waals surface area contributed by atoms with Crippen LogP contribution in [0.25, 0.3) is 0 Å². The maximum Gasteiger partial charge on any atom is 0.124 e. The molecule has 11 heavy (non-hydrogen) atoms. The Balaban J connectivity index is 2.61. The number of hydrogen-bond acceptors (Lipinski definition) is 5. The Bertz CT molecular complexity index is 179. The van der Waals surface area contributed by atoms with Crippen LogP contribution in [0.4, 0.5) is 0 Å². The second kappa shape index (κ2) is 3.15. The van der Waals surface area contributed by atoms with Crippen molar-refractivity contribution in [3.63, 3.8) is 0 Å². The molecular formula is C6H10N2O3. The van der Waals surface area contributed by atoms with Crippen LogP contribution in [0.3, 0.4) is 0 Å². The van der Waals surface area contributed by atoms with E-state index in [0.29, 0.717) is 0 Å². The third-order valence-corrected chi connectivity index (χ3v) is 1.77. The van der Waals surface area contributed by atoms with E-state index in [2.05, 4.69) is 5.32 Å². The van der Waals surface area contributed by atoms with Crippen LogP contribution >= 0.6 is 0 Å². The second-order valence-electron chi connectivity index (χ2n) is 2.56. The van der Waals surface area contributed by atoms with E-state index in [1.165, 1.54) is 0 Å². The van der Waals surface area contributed by atoms with Gasteiger partial charge in [0.25, 0.3) is 0 Å². The monoisotopic (exact) mass is 158 g/mol. The van der Waals surface area contributed by atoms with Gasteiger partial charge in [-0.2, -0.15) is 5.26 Å². The van der Waals surface area contributed by atoms with Crippen LogP contribution in [-0.2, 0) is 0 Å². The van der Waals surface area contributed by atoms with E-state index >= 15 is 0 Å². The van der Waals surface area contributed by atoms with Crippen LogP contribution in [0.2, 0.25) is 0 Å². The smallest absolute Gasteiger partial charge is 0.124 e. The molecule has 0 aliphatic carbocycles. The van der Waals surface area contributed by atoms with Crippen molar-refractivity contribution in [2.24, 2.45) is 0 Å². The molecule has 1 heterocycles. The van der Waals surface area contributed by atoms with Crippen molar-refractivity contribution in [3.05, 3.63) is 0 Å². The number of aliphatic hydroxyl groups is 3. The van der Waals surface area contributed by atoms with Crippen LogP contribution in [0.1, 0.15) is 0 Å². The minimum absolute atomic E-state index is 0.135. The molecular weight excluding hydrogens is 148 g/mol. The molecule has 0 aromatic heterocycles. The quantitative estimate of drug-likeness (QED) is 0.314. The Hall–Kier alpha value is -0.670. The summed E-state index contributed by atoms with van der Waals surface area (Å²) < 4.78 is 0. The Kier molecular flexibility index (Phi) is 2.42. The number of nitriles is 1. The van der Waals surface area contributed by atoms with Crippen molar-refractivity contribution in [3.8, 4) is 6.07 Å². The molecule has 1 rings (SSSR count). The topological polar surface area (TPSA) is 96.5 Å². The van der Waals surface area contributed by atoms with Gasteiger partial charge in [-0.15, -0.1) is 0 Å². The van der Waals surface area contributed by atoms with Gasteiger partial charge in [-0.25, -0.2) is 0 Å². The molecule has 1 aliphatic heterocycles. The highest BCUT2D eigenvalue weighted by Gasteiger charge is 2.35. The van der Waals surface area contributed by atoms with Crippen molar-refractivity contribution in [1.82, 2.24) is 5.32 Å². The number of β-amino-alcohol motifs (C(OH)–C–C–N with tert-alkyl or cyclic N) is 1. The fourth-order valence-electron chi connectivity index (χ4n) is 1.04. The first kappa shape index (κ1) is 8.43. The summed E-state index contributed by atoms with van der Waals surface area (Å²) in [5, 5.41) is 38.1. The van der Waals surface area contributed by atoms with Crippen LogP contribution in [0.5, 0.6) is 0 Å². The molecule has 0 spiro atoms. The van der Waals surface area contributed by atoms with Gasteiger partial charge in [-0.05, 0) is 0 Å². The van der Waals surface area contributed by atoms with Crippen molar-refractivity contribution in [2.75, 3.05) is 6.54 Å². The van der Waals surface area contributed by atoms with Gasteiger partial charge in [0.15, 0.2) is 0 Å². The predicted molar refractivity (Wildman–Crippen MR) is 35.4 cm³/mol. The highest BCUT2D eigenvalue weighted by Crippen LogP contribution is 2.09. The summed E-state index contributed by atoms with van der Waals surface area (Å²) in [5.74, 6) is 0. The van der Waals surface area contributed by atoms with Gasteiger partial charge in [0.2, 0.25) is 0 Å². The molecule has 1 saturated heterocycles. The Morgan fingerprint density at radius 3 is 2.45 bits per heavy atom. The number of hydrogen-bond donors (Lipinski definition) is 4. The number of nitrogens with zero attached hydrogens (tertiary/aromatic N) is 1. The minimum Gasteiger partial charge on any atom is -0.389 e. The zero-order valence-electron chi connectivity index (χ0n) is 5.81. The molecule has 62 valence electrons. The van der Waals surface area contributed by atoms with Gasteiger partial charge < -0.3 is 15.3 Å². The first-order valence-corrected chi connectivity index (χ1v) is 3.34. The van der Waals surface area contributed by atoms with Crippen molar-refractivity contribution in [1.29, 1.82) is 5.26 Å². The highest BCUT2D eigenvalue weighted by atomic mass is 16.4. The summed E-state index contributed by atoms with van der Waals surface area (Å²) in [7, 11) is 0. The van der Waals surface area contributed by atoms with Gasteiger partial charge in [-0.3, -0.25) is 5.32 Å². The first-order valence-electron chi connectivity index (χ1n) is 3.34. The normalized spacial score (nSPS) is 44.9. The van der Waals surface area contributed by atoms with E-state index in [0.717, 1.165) is 0 Å². The van der Waals surface area contributed by atoms with Gasteiger partial charge in [0.05, 0.1) is 12.2 Å². The van der Waals surface area contributed by atoms with Crippen LogP contribution in [0, 0.1) is 11.3 Å². The largest absolute Gasteiger partial charge is 0.389 e. The molecule has 5 nitrogen and oxygen atoms in total. The SMILES string of the molecule is N#C[C@@H]1NC[C@@H](O)[C@@H](O)[C@@H]1O. The number of rotatable bonds is 0. The lowest BCUT2D eigenvalue weighted by Gasteiger charge is -2.32.